The van der Waals surface area contributed by atoms with Gasteiger partial charge in [0.25, 0.3) is 0 Å². The molecule has 1 aliphatic carbocycles. The van der Waals surface area contributed by atoms with Crippen molar-refractivity contribution in [3.63, 3.8) is 0 Å². The first-order valence-electron chi connectivity index (χ1n) is 19.6. The van der Waals surface area contributed by atoms with Crippen LogP contribution in [0.2, 0.25) is 0 Å². The summed E-state index contributed by atoms with van der Waals surface area (Å²) in [6, 6.07) is 15.4. The summed E-state index contributed by atoms with van der Waals surface area (Å²) in [6.07, 6.45) is 8.36. The zero-order valence-electron chi connectivity index (χ0n) is 31.8. The summed E-state index contributed by atoms with van der Waals surface area (Å²) in [4.78, 5) is 68.2. The van der Waals surface area contributed by atoms with Crippen LogP contribution in [-0.4, -0.2) is 59.6 Å². The van der Waals surface area contributed by atoms with Crippen molar-refractivity contribution in [1.29, 1.82) is 0 Å². The van der Waals surface area contributed by atoms with Crippen molar-refractivity contribution in [2.45, 2.75) is 123 Å². The van der Waals surface area contributed by atoms with Gasteiger partial charge in [-0.2, -0.15) is 0 Å². The Bertz CT molecular complexity index is 1500. The van der Waals surface area contributed by atoms with Gasteiger partial charge in [-0.05, 0) is 98.4 Å². The average Bonchev–Trinajstić information content (AvgIpc) is 3.81. The molecule has 5 N–H and O–H groups in total. The summed E-state index contributed by atoms with van der Waals surface area (Å²) < 4.78 is 0. The maximum atomic E-state index is 13.8. The van der Waals surface area contributed by atoms with E-state index in [1.54, 1.807) is 0 Å². The molecule has 2 aromatic rings. The second kappa shape index (κ2) is 19.7. The molecule has 0 aromatic heterocycles. The summed E-state index contributed by atoms with van der Waals surface area (Å²) >= 11 is 0. The number of hydrogen-bond donors (Lipinski definition) is 4. The molecule has 4 unspecified atom stereocenters. The van der Waals surface area contributed by atoms with Crippen molar-refractivity contribution in [2.75, 3.05) is 18.4 Å². The normalized spacial score (nSPS) is 20.6. The first kappa shape index (κ1) is 40.7. The Morgan fingerprint density at radius 3 is 2.23 bits per heavy atom. The minimum Gasteiger partial charge on any atom is -0.344 e. The summed E-state index contributed by atoms with van der Waals surface area (Å²) in [6.45, 7) is 9.50. The number of nitrogens with two attached hydrogens (primary N) is 1. The molecule has 1 saturated carbocycles. The lowest BCUT2D eigenvalue weighted by Crippen LogP contribution is -2.53. The van der Waals surface area contributed by atoms with Gasteiger partial charge in [0.15, 0.2) is 0 Å². The second-order valence-electron chi connectivity index (χ2n) is 15.2. The van der Waals surface area contributed by atoms with E-state index in [9.17, 15) is 24.0 Å². The molecule has 1 aliphatic heterocycles. The van der Waals surface area contributed by atoms with Crippen LogP contribution in [0, 0.1) is 23.2 Å². The number of rotatable bonds is 22. The van der Waals surface area contributed by atoms with Crippen LogP contribution in [0.3, 0.4) is 0 Å². The molecule has 52 heavy (non-hydrogen) atoms. The van der Waals surface area contributed by atoms with Gasteiger partial charge in [0, 0.05) is 31.5 Å². The van der Waals surface area contributed by atoms with Gasteiger partial charge < -0.3 is 21.7 Å². The van der Waals surface area contributed by atoms with E-state index in [4.69, 9.17) is 5.73 Å². The van der Waals surface area contributed by atoms with Gasteiger partial charge >= 0.3 is 0 Å². The van der Waals surface area contributed by atoms with E-state index in [1.807, 2.05) is 54.6 Å². The monoisotopic (exact) mass is 715 g/mol. The van der Waals surface area contributed by atoms with Gasteiger partial charge in [0.2, 0.25) is 29.5 Å². The molecular weight excluding hydrogens is 654 g/mol. The van der Waals surface area contributed by atoms with E-state index in [0.717, 1.165) is 36.8 Å². The number of nitrogens with one attached hydrogen (secondary N) is 3. The van der Waals surface area contributed by atoms with E-state index in [2.05, 4.69) is 43.6 Å². The topological polar surface area (TPSA) is 151 Å². The Morgan fingerprint density at radius 2 is 1.60 bits per heavy atom. The molecule has 6 atom stereocenters. The first-order valence-corrected chi connectivity index (χ1v) is 19.6. The first-order chi connectivity index (χ1) is 25.0. The van der Waals surface area contributed by atoms with E-state index in [0.29, 0.717) is 75.6 Å². The molecule has 1 saturated heterocycles. The van der Waals surface area contributed by atoms with Crippen LogP contribution in [0.1, 0.15) is 109 Å². The van der Waals surface area contributed by atoms with Crippen molar-refractivity contribution in [3.05, 3.63) is 65.7 Å². The molecule has 5 amide bonds. The summed E-state index contributed by atoms with van der Waals surface area (Å²) in [7, 11) is 0. The molecule has 2 aromatic carbocycles. The molecule has 10 heteroatoms. The summed E-state index contributed by atoms with van der Waals surface area (Å²) in [5.74, 6) is -0.261. The Balaban J connectivity index is 1.31. The highest BCUT2D eigenvalue weighted by atomic mass is 16.2. The fourth-order valence-corrected chi connectivity index (χ4v) is 7.98. The quantitative estimate of drug-likeness (QED) is 0.0878. The van der Waals surface area contributed by atoms with Crippen molar-refractivity contribution in [3.8, 4) is 0 Å². The van der Waals surface area contributed by atoms with Crippen LogP contribution in [0.15, 0.2) is 54.6 Å². The van der Waals surface area contributed by atoms with Gasteiger partial charge in [-0.15, -0.1) is 0 Å². The summed E-state index contributed by atoms with van der Waals surface area (Å²) in [5, 5.41) is 8.76. The lowest BCUT2D eigenvalue weighted by molar-refractivity contribution is -0.141. The third-order valence-electron chi connectivity index (χ3n) is 11.2. The lowest BCUT2D eigenvalue weighted by atomic mass is 9.68. The van der Waals surface area contributed by atoms with Gasteiger partial charge in [-0.25, -0.2) is 0 Å². The van der Waals surface area contributed by atoms with E-state index >= 15 is 0 Å². The number of benzene rings is 2. The molecule has 0 bridgehead atoms. The molecule has 4 rings (SSSR count). The Morgan fingerprint density at radius 1 is 0.885 bits per heavy atom. The van der Waals surface area contributed by atoms with E-state index in [1.165, 1.54) is 4.90 Å². The predicted octanol–water partition coefficient (Wildman–Crippen LogP) is 5.93. The largest absolute Gasteiger partial charge is 0.344 e. The third kappa shape index (κ3) is 11.2. The molecule has 2 aliphatic rings. The Hall–Kier alpha value is -4.05. The number of anilines is 1. The summed E-state index contributed by atoms with van der Waals surface area (Å²) in [5.41, 5.74) is 8.27. The van der Waals surface area contributed by atoms with Crippen molar-refractivity contribution in [1.82, 2.24) is 15.5 Å². The number of aryl methyl sites for hydroxylation is 1. The fraction of sp³-hybridized carbons (Fsp3) is 0.595. The fourth-order valence-electron chi connectivity index (χ4n) is 7.98. The van der Waals surface area contributed by atoms with Gasteiger partial charge in [-0.1, -0.05) is 83.0 Å². The minimum absolute atomic E-state index is 0.0306. The third-order valence-corrected chi connectivity index (χ3v) is 11.2. The van der Waals surface area contributed by atoms with Crippen LogP contribution < -0.4 is 21.7 Å². The molecule has 0 spiro atoms. The highest BCUT2D eigenvalue weighted by molar-refractivity contribution is 6.04. The number of unbranched alkanes of at least 4 members (excludes halogenated alkanes) is 3. The number of likely N-dealkylation sites (tertiary alicyclic amines) is 1. The maximum Gasteiger partial charge on any atom is 0.246 e. The molecular formula is C42H61N5O5. The van der Waals surface area contributed by atoms with Crippen LogP contribution in [0.4, 0.5) is 5.69 Å². The average molecular weight is 716 g/mol. The van der Waals surface area contributed by atoms with Crippen LogP contribution in [-0.2, 0) is 36.8 Å². The SMILES string of the molecule is CCCC(C)(C1CC(=O)N(CCCCCC(=O)N[C@@H](Cc2ccccc2)C(=O)N[C@@H](CCCCN)C(=O)Nc2ccc(CC)cc2)C1=O)C1CC1C. The van der Waals surface area contributed by atoms with E-state index in [-0.39, 0.29) is 47.8 Å². The lowest BCUT2D eigenvalue weighted by Gasteiger charge is -2.35. The number of carbonyl (C=O) groups is 5. The standard InChI is InChI=1S/C42H61N5O5/c1-5-23-42(4,33-26-29(33)3)34-28-38(49)47(41(34)52)25-14-8-11-18-37(48)45-36(27-31-15-9-7-10-16-31)40(51)46-35(17-12-13-24-43)39(50)44-32-21-19-30(6-2)20-22-32/h7,9-10,15-16,19-22,29,33-36H,5-6,8,11-14,17-18,23-28,43H2,1-4H3,(H,44,50)(H,45,48)(H,46,51)/t29?,33?,34?,35-,36-,42?/m0/s1. The van der Waals surface area contributed by atoms with Crippen LogP contribution in [0.25, 0.3) is 0 Å². The molecule has 284 valence electrons. The van der Waals surface area contributed by atoms with Crippen LogP contribution in [0.5, 0.6) is 0 Å². The number of amides is 5. The van der Waals surface area contributed by atoms with Gasteiger partial charge in [0.1, 0.15) is 12.1 Å². The zero-order chi connectivity index (χ0) is 37.7. The van der Waals surface area contributed by atoms with Gasteiger partial charge in [0.05, 0.1) is 5.92 Å². The van der Waals surface area contributed by atoms with Crippen molar-refractivity contribution < 1.29 is 24.0 Å². The predicted molar refractivity (Wildman–Crippen MR) is 205 cm³/mol. The highest BCUT2D eigenvalue weighted by Crippen LogP contribution is 2.58. The van der Waals surface area contributed by atoms with Crippen molar-refractivity contribution >= 4 is 35.2 Å². The van der Waals surface area contributed by atoms with E-state index < -0.39 is 18.0 Å². The molecule has 0 radical (unpaired) electrons. The minimum atomic E-state index is -0.882. The Labute approximate surface area is 310 Å². The van der Waals surface area contributed by atoms with Gasteiger partial charge in [-0.3, -0.25) is 28.9 Å². The molecule has 2 fully saturated rings. The number of carbonyl (C=O) groups excluding carboxylic acids is 5. The number of nitrogens with zero attached hydrogens (tertiary/aromatic N) is 1. The Kier molecular flexibility index (Phi) is 15.4. The van der Waals surface area contributed by atoms with Crippen molar-refractivity contribution in [2.24, 2.45) is 28.9 Å². The van der Waals surface area contributed by atoms with Crippen LogP contribution >= 0.6 is 0 Å². The second-order valence-corrected chi connectivity index (χ2v) is 15.2. The maximum absolute atomic E-state index is 13.8. The molecule has 10 nitrogen and oxygen atoms in total. The zero-order valence-corrected chi connectivity index (χ0v) is 31.8. The smallest absolute Gasteiger partial charge is 0.246 e. The molecule has 1 heterocycles. The highest BCUT2D eigenvalue weighted by Gasteiger charge is 2.56. The number of hydrogen-bond acceptors (Lipinski definition) is 6. The number of imide groups is 1.